The molecule has 248 valence electrons. The highest BCUT2D eigenvalue weighted by Crippen LogP contribution is 2.46. The van der Waals surface area contributed by atoms with Gasteiger partial charge in [-0.15, -0.1) is 11.3 Å². The smallest absolute Gasteiger partial charge is 0.319 e. The Bertz CT molecular complexity index is 2110. The lowest BCUT2D eigenvalue weighted by Gasteiger charge is -2.37. The Morgan fingerprint density at radius 2 is 2.06 bits per heavy atom. The summed E-state index contributed by atoms with van der Waals surface area (Å²) in [6.45, 7) is 5.79. The second kappa shape index (κ2) is 12.6. The van der Waals surface area contributed by atoms with Crippen LogP contribution in [-0.4, -0.2) is 64.8 Å². The number of morpholine rings is 1. The molecule has 0 spiro atoms. The summed E-state index contributed by atoms with van der Waals surface area (Å²) in [5.74, 6) is -0.613. The second-order valence-corrected chi connectivity index (χ2v) is 13.8. The van der Waals surface area contributed by atoms with Crippen LogP contribution in [0.1, 0.15) is 43.9 Å². The number of aromatic nitrogens is 3. The van der Waals surface area contributed by atoms with Crippen LogP contribution in [0.2, 0.25) is 5.02 Å². The predicted octanol–water partition coefficient (Wildman–Crippen LogP) is 6.70. The molecule has 4 N–H and O–H groups in total. The minimum atomic E-state index is -0.766. The van der Waals surface area contributed by atoms with E-state index in [1.54, 1.807) is 18.3 Å². The molecular formula is C34H33ClF2N8O2S. The largest absolute Gasteiger partial charge is 0.462 e. The number of thiophene rings is 1. The maximum absolute atomic E-state index is 17.0. The van der Waals surface area contributed by atoms with E-state index in [0.717, 1.165) is 36.3 Å². The van der Waals surface area contributed by atoms with E-state index < -0.39 is 11.6 Å². The molecule has 5 heterocycles. The quantitative estimate of drug-likeness (QED) is 0.190. The lowest BCUT2D eigenvalue weighted by Crippen LogP contribution is -2.49. The summed E-state index contributed by atoms with van der Waals surface area (Å²) in [5.41, 5.74) is 13.3. The van der Waals surface area contributed by atoms with Crippen molar-refractivity contribution in [2.75, 3.05) is 43.2 Å². The molecular weight excluding hydrogens is 658 g/mol. The fourth-order valence-electron chi connectivity index (χ4n) is 6.89. The van der Waals surface area contributed by atoms with Gasteiger partial charge in [0, 0.05) is 53.8 Å². The van der Waals surface area contributed by atoms with E-state index in [1.807, 2.05) is 31.0 Å². The van der Waals surface area contributed by atoms with Crippen molar-refractivity contribution in [3.05, 3.63) is 64.3 Å². The SMILES string of the molecule is C[C@H](c1cccnc1N)N(C)c1nc(OC[C@H]2CC[C@@H]3CO[C@@H](C)CN23)nc2c(F)c(-c3ccc(F)c4sc(N)c(C#N)c34)c(Cl)cc12. The number of nitriles is 1. The van der Waals surface area contributed by atoms with Gasteiger partial charge in [0.2, 0.25) is 0 Å². The third kappa shape index (κ3) is 5.42. The van der Waals surface area contributed by atoms with E-state index in [4.69, 9.17) is 37.5 Å². The topological polar surface area (TPSA) is 139 Å². The number of nitrogens with zero attached hydrogens (tertiary/aromatic N) is 6. The molecule has 14 heteroatoms. The summed E-state index contributed by atoms with van der Waals surface area (Å²) in [6, 6.07) is 10.0. The Morgan fingerprint density at radius 1 is 1.25 bits per heavy atom. The van der Waals surface area contributed by atoms with Gasteiger partial charge >= 0.3 is 6.01 Å². The number of rotatable bonds is 7. The normalized spacial score (nSPS) is 20.1. The summed E-state index contributed by atoms with van der Waals surface area (Å²) >= 11 is 7.78. The summed E-state index contributed by atoms with van der Waals surface area (Å²) in [5, 5.41) is 10.6. The molecule has 4 atom stereocenters. The van der Waals surface area contributed by atoms with Gasteiger partial charge in [0.15, 0.2) is 5.82 Å². The first kappa shape index (κ1) is 32.2. The second-order valence-electron chi connectivity index (χ2n) is 12.3. The molecule has 48 heavy (non-hydrogen) atoms. The zero-order valence-electron chi connectivity index (χ0n) is 26.5. The van der Waals surface area contributed by atoms with E-state index in [2.05, 4.69) is 21.8 Å². The van der Waals surface area contributed by atoms with Crippen molar-refractivity contribution in [3.8, 4) is 23.2 Å². The molecule has 0 unspecified atom stereocenters. The van der Waals surface area contributed by atoms with Gasteiger partial charge in [-0.1, -0.05) is 23.7 Å². The number of pyridine rings is 1. The van der Waals surface area contributed by atoms with E-state index >= 15 is 4.39 Å². The van der Waals surface area contributed by atoms with E-state index in [-0.39, 0.29) is 66.5 Å². The molecule has 2 saturated heterocycles. The highest BCUT2D eigenvalue weighted by atomic mass is 35.5. The average molecular weight is 691 g/mol. The van der Waals surface area contributed by atoms with Crippen LogP contribution >= 0.6 is 22.9 Å². The molecule has 0 aliphatic carbocycles. The van der Waals surface area contributed by atoms with Crippen LogP contribution in [0, 0.1) is 23.0 Å². The number of halogens is 3. The molecule has 10 nitrogen and oxygen atoms in total. The molecule has 2 aliphatic heterocycles. The number of fused-ring (bicyclic) bond motifs is 3. The number of nitrogens with two attached hydrogens (primary N) is 2. The molecule has 2 aromatic carbocycles. The number of hydrogen-bond acceptors (Lipinski definition) is 11. The number of benzene rings is 2. The van der Waals surface area contributed by atoms with Crippen LogP contribution in [0.3, 0.4) is 0 Å². The maximum atomic E-state index is 17.0. The first-order valence-electron chi connectivity index (χ1n) is 15.6. The monoisotopic (exact) mass is 690 g/mol. The first-order valence-corrected chi connectivity index (χ1v) is 16.8. The van der Waals surface area contributed by atoms with Crippen molar-refractivity contribution >= 4 is 60.6 Å². The van der Waals surface area contributed by atoms with Gasteiger partial charge in [0.05, 0.1) is 34.0 Å². The fourth-order valence-corrected chi connectivity index (χ4v) is 8.13. The van der Waals surface area contributed by atoms with Crippen LogP contribution in [0.15, 0.2) is 36.5 Å². The first-order chi connectivity index (χ1) is 23.1. The van der Waals surface area contributed by atoms with Gasteiger partial charge in [-0.25, -0.2) is 13.8 Å². The van der Waals surface area contributed by atoms with E-state index in [1.165, 1.54) is 12.1 Å². The highest BCUT2D eigenvalue weighted by molar-refractivity contribution is 7.23. The summed E-state index contributed by atoms with van der Waals surface area (Å²) < 4.78 is 44.2. The lowest BCUT2D eigenvalue weighted by atomic mass is 9.97. The van der Waals surface area contributed by atoms with E-state index in [9.17, 15) is 9.65 Å². The number of anilines is 3. The van der Waals surface area contributed by atoms with Crippen molar-refractivity contribution in [2.24, 2.45) is 0 Å². The van der Waals surface area contributed by atoms with Gasteiger partial charge in [-0.2, -0.15) is 15.2 Å². The van der Waals surface area contributed by atoms with Gasteiger partial charge in [0.1, 0.15) is 40.6 Å². The van der Waals surface area contributed by atoms with Crippen LogP contribution in [0.5, 0.6) is 6.01 Å². The Kier molecular flexibility index (Phi) is 8.45. The Morgan fingerprint density at radius 3 is 2.83 bits per heavy atom. The number of ether oxygens (including phenoxy) is 2. The Hall–Kier alpha value is -4.35. The molecule has 5 aromatic rings. The van der Waals surface area contributed by atoms with Crippen LogP contribution in [0.25, 0.3) is 32.1 Å². The highest BCUT2D eigenvalue weighted by Gasteiger charge is 2.38. The predicted molar refractivity (Wildman–Crippen MR) is 184 cm³/mol. The molecule has 3 aromatic heterocycles. The van der Waals surface area contributed by atoms with Crippen LogP contribution < -0.4 is 21.1 Å². The Balaban J connectivity index is 1.37. The molecule has 0 radical (unpaired) electrons. The zero-order chi connectivity index (χ0) is 33.9. The van der Waals surface area contributed by atoms with Crippen molar-refractivity contribution in [1.29, 1.82) is 5.26 Å². The third-order valence-electron chi connectivity index (χ3n) is 9.49. The molecule has 0 bridgehead atoms. The molecule has 2 aliphatic rings. The molecule has 0 amide bonds. The van der Waals surface area contributed by atoms with Crippen LogP contribution in [-0.2, 0) is 4.74 Å². The Labute approximate surface area is 284 Å². The van der Waals surface area contributed by atoms with Crippen molar-refractivity contribution in [3.63, 3.8) is 0 Å². The average Bonchev–Trinajstić information content (AvgIpc) is 3.64. The lowest BCUT2D eigenvalue weighted by molar-refractivity contribution is -0.0556. The molecule has 7 rings (SSSR count). The van der Waals surface area contributed by atoms with Gasteiger partial charge < -0.3 is 25.8 Å². The fraction of sp³-hybridized carbons (Fsp3) is 0.353. The minimum absolute atomic E-state index is 0.00520. The summed E-state index contributed by atoms with van der Waals surface area (Å²) in [6.07, 6.45) is 3.66. The zero-order valence-corrected chi connectivity index (χ0v) is 28.1. The molecule has 2 fully saturated rings. The maximum Gasteiger partial charge on any atom is 0.319 e. The van der Waals surface area contributed by atoms with Gasteiger partial charge in [-0.3, -0.25) is 4.90 Å². The van der Waals surface area contributed by atoms with Crippen molar-refractivity contribution in [2.45, 2.75) is 50.9 Å². The number of nitrogen functional groups attached to an aromatic ring is 2. The summed E-state index contributed by atoms with van der Waals surface area (Å²) in [4.78, 5) is 17.9. The van der Waals surface area contributed by atoms with Gasteiger partial charge in [-0.05, 0) is 50.5 Å². The molecule has 0 saturated carbocycles. The van der Waals surface area contributed by atoms with E-state index in [0.29, 0.717) is 36.3 Å². The van der Waals surface area contributed by atoms with Crippen molar-refractivity contribution < 1.29 is 18.3 Å². The van der Waals surface area contributed by atoms with Crippen molar-refractivity contribution in [1.82, 2.24) is 19.9 Å². The van der Waals surface area contributed by atoms with Crippen LogP contribution in [0.4, 0.5) is 25.4 Å². The standard InChI is InChI=1S/C34H33ClF2N8O2S/c1-16-13-45-18(14-46-16)6-7-19(45)15-47-34-42-29-22(33(43-34)44(3)17(2)20-5-4-10-41-31(20)39)11-24(35)27(28(29)37)21-8-9-25(36)30-26(21)23(12-38)32(40)48-30/h4-5,8-11,16-19H,6-7,13-15,40H2,1-3H3,(H2,39,41)/t16-,17+,18+,19+/m0/s1. The third-order valence-corrected chi connectivity index (χ3v) is 10.8. The van der Waals surface area contributed by atoms with Gasteiger partial charge in [0.25, 0.3) is 0 Å². The number of hydrogen-bond donors (Lipinski definition) is 2. The minimum Gasteiger partial charge on any atom is -0.462 e. The summed E-state index contributed by atoms with van der Waals surface area (Å²) in [7, 11) is 1.82.